The van der Waals surface area contributed by atoms with Gasteiger partial charge in [0.15, 0.2) is 0 Å². The van der Waals surface area contributed by atoms with Crippen molar-refractivity contribution in [2.24, 2.45) is 11.3 Å². The fraction of sp³-hybridized carbons (Fsp3) is 0.636. The van der Waals surface area contributed by atoms with Gasteiger partial charge in [-0.2, -0.15) is 0 Å². The third-order valence-corrected chi connectivity index (χ3v) is 2.44. The Kier molecular flexibility index (Phi) is 1.56. The average Bonchev–Trinajstić information content (AvgIpc) is 2.03. The van der Waals surface area contributed by atoms with E-state index in [-0.39, 0.29) is 6.53 Å². The lowest BCUT2D eigenvalue weighted by molar-refractivity contribution is 0.376. The van der Waals surface area contributed by atoms with E-state index in [9.17, 15) is 0 Å². The van der Waals surface area contributed by atoms with E-state index in [1.807, 2.05) is 6.92 Å². The molecule has 0 nitrogen and oxygen atoms in total. The van der Waals surface area contributed by atoms with Gasteiger partial charge < -0.3 is 0 Å². The standard InChI is InChI=1S/C11H18/c1-9(2)10-5-7-11(3,4)8-6-10/h5,7,10H,1,6,8H2,2-4H3/i1D2. The summed E-state index contributed by atoms with van der Waals surface area (Å²) in [5, 5.41) is 0. The van der Waals surface area contributed by atoms with Crippen molar-refractivity contribution in [2.45, 2.75) is 33.6 Å². The van der Waals surface area contributed by atoms with Crippen molar-refractivity contribution in [3.8, 4) is 0 Å². The first-order valence-electron chi connectivity index (χ1n) is 5.26. The predicted octanol–water partition coefficient (Wildman–Crippen LogP) is 3.55. The van der Waals surface area contributed by atoms with Crippen LogP contribution >= 0.6 is 0 Å². The summed E-state index contributed by atoms with van der Waals surface area (Å²) in [5.41, 5.74) is 1.20. The molecule has 0 saturated carbocycles. The molecule has 0 aromatic heterocycles. The second kappa shape index (κ2) is 2.84. The molecule has 1 aliphatic rings. The first-order valence-corrected chi connectivity index (χ1v) is 4.26. The number of hydrogen-bond acceptors (Lipinski definition) is 0. The summed E-state index contributed by atoms with van der Waals surface area (Å²) in [4.78, 5) is 0. The molecule has 0 amide bonds. The summed E-state index contributed by atoms with van der Waals surface area (Å²) in [5.74, 6) is 0.332. The normalized spacial score (nSPS) is 30.6. The second-order valence-corrected chi connectivity index (χ2v) is 4.18. The Hall–Kier alpha value is -0.520. The van der Waals surface area contributed by atoms with Gasteiger partial charge in [-0.15, -0.1) is 0 Å². The summed E-state index contributed by atoms with van der Waals surface area (Å²) >= 11 is 0. The lowest BCUT2D eigenvalue weighted by Crippen LogP contribution is -2.15. The van der Waals surface area contributed by atoms with Crippen LogP contribution in [0, 0.1) is 11.3 Å². The van der Waals surface area contributed by atoms with Crippen LogP contribution in [0.25, 0.3) is 0 Å². The molecule has 0 bridgehead atoms. The quantitative estimate of drug-likeness (QED) is 0.504. The van der Waals surface area contributed by atoms with Crippen molar-refractivity contribution < 1.29 is 2.74 Å². The molecule has 0 fully saturated rings. The summed E-state index contributed by atoms with van der Waals surface area (Å²) in [6.45, 7) is 6.32. The van der Waals surface area contributed by atoms with E-state index < -0.39 is 0 Å². The van der Waals surface area contributed by atoms with Gasteiger partial charge in [0.1, 0.15) is 0 Å². The maximum atomic E-state index is 7.23. The van der Waals surface area contributed by atoms with Gasteiger partial charge in [0.25, 0.3) is 0 Å². The molecule has 0 heteroatoms. The zero-order valence-electron chi connectivity index (χ0n) is 9.65. The van der Waals surface area contributed by atoms with Crippen molar-refractivity contribution in [1.82, 2.24) is 0 Å². The minimum Gasteiger partial charge on any atom is -0.0995 e. The largest absolute Gasteiger partial charge is 0.0995 e. The lowest BCUT2D eigenvalue weighted by Gasteiger charge is -2.28. The third kappa shape index (κ3) is 2.21. The molecule has 1 unspecified atom stereocenters. The second-order valence-electron chi connectivity index (χ2n) is 4.18. The Morgan fingerprint density at radius 3 is 2.91 bits per heavy atom. The van der Waals surface area contributed by atoms with Gasteiger partial charge in [0.2, 0.25) is 0 Å². The highest BCUT2D eigenvalue weighted by Crippen LogP contribution is 2.34. The van der Waals surface area contributed by atoms with Crippen LogP contribution in [0.4, 0.5) is 0 Å². The molecular formula is C11H18. The van der Waals surface area contributed by atoms with Crippen LogP contribution in [0.3, 0.4) is 0 Å². The Morgan fingerprint density at radius 2 is 2.45 bits per heavy atom. The lowest BCUT2D eigenvalue weighted by atomic mass is 9.77. The highest BCUT2D eigenvalue weighted by atomic mass is 14.3. The molecule has 1 aliphatic carbocycles. The molecule has 1 atom stereocenters. The monoisotopic (exact) mass is 152 g/mol. The Labute approximate surface area is 72.8 Å². The molecule has 0 spiro atoms. The topological polar surface area (TPSA) is 0 Å². The molecule has 0 radical (unpaired) electrons. The first-order chi connectivity index (χ1) is 5.92. The minimum absolute atomic E-state index is 0.0191. The fourth-order valence-corrected chi connectivity index (χ4v) is 1.44. The molecule has 0 N–H and O–H groups in total. The van der Waals surface area contributed by atoms with Crippen LogP contribution in [0.1, 0.15) is 36.4 Å². The molecule has 0 aromatic rings. The SMILES string of the molecule is [2H]C([2H])=C(C)C1C=CC(C)(C)CC1. The van der Waals surface area contributed by atoms with Crippen molar-refractivity contribution in [3.05, 3.63) is 24.3 Å². The number of rotatable bonds is 1. The van der Waals surface area contributed by atoms with Gasteiger partial charge >= 0.3 is 0 Å². The third-order valence-electron chi connectivity index (χ3n) is 2.44. The summed E-state index contributed by atoms with van der Waals surface area (Å²) in [7, 11) is 0. The average molecular weight is 152 g/mol. The van der Waals surface area contributed by atoms with Crippen LogP contribution in [0.15, 0.2) is 24.3 Å². The van der Waals surface area contributed by atoms with Crippen LogP contribution in [0.5, 0.6) is 0 Å². The van der Waals surface area contributed by atoms with Crippen LogP contribution in [-0.2, 0) is 0 Å². The molecule has 0 saturated heterocycles. The van der Waals surface area contributed by atoms with Gasteiger partial charge in [-0.05, 0) is 31.1 Å². The molecule has 0 heterocycles. The molecule has 11 heavy (non-hydrogen) atoms. The van der Waals surface area contributed by atoms with Crippen LogP contribution < -0.4 is 0 Å². The van der Waals surface area contributed by atoms with E-state index in [0.717, 1.165) is 18.4 Å². The number of hydrogen-bond donors (Lipinski definition) is 0. The van der Waals surface area contributed by atoms with Gasteiger partial charge in [0.05, 0.1) is 2.74 Å². The van der Waals surface area contributed by atoms with E-state index >= 15 is 0 Å². The van der Waals surface area contributed by atoms with E-state index in [4.69, 9.17) is 2.74 Å². The van der Waals surface area contributed by atoms with E-state index in [1.165, 1.54) is 0 Å². The van der Waals surface area contributed by atoms with Crippen molar-refractivity contribution in [1.29, 1.82) is 0 Å². The van der Waals surface area contributed by atoms with Crippen molar-refractivity contribution >= 4 is 0 Å². The Bertz CT molecular complexity index is 245. The highest BCUT2D eigenvalue weighted by molar-refractivity contribution is 5.13. The van der Waals surface area contributed by atoms with Crippen LogP contribution in [0.2, 0.25) is 0 Å². The maximum absolute atomic E-state index is 7.23. The molecule has 0 aliphatic heterocycles. The first kappa shape index (κ1) is 6.05. The fourth-order valence-electron chi connectivity index (χ4n) is 1.44. The zero-order valence-corrected chi connectivity index (χ0v) is 7.65. The van der Waals surface area contributed by atoms with Crippen molar-refractivity contribution in [3.63, 3.8) is 0 Å². The smallest absolute Gasteiger partial charge is 0.0537 e. The van der Waals surface area contributed by atoms with Crippen LogP contribution in [-0.4, -0.2) is 0 Å². The molecular weight excluding hydrogens is 132 g/mol. The Morgan fingerprint density at radius 1 is 1.73 bits per heavy atom. The maximum Gasteiger partial charge on any atom is 0.0537 e. The van der Waals surface area contributed by atoms with E-state index in [1.54, 1.807) is 0 Å². The zero-order chi connectivity index (χ0) is 10.1. The minimum atomic E-state index is -0.0191. The highest BCUT2D eigenvalue weighted by Gasteiger charge is 2.21. The predicted molar refractivity (Wildman–Crippen MR) is 50.5 cm³/mol. The van der Waals surface area contributed by atoms with Crippen molar-refractivity contribution in [2.75, 3.05) is 0 Å². The summed E-state index contributed by atoms with van der Waals surface area (Å²) < 4.78 is 14.5. The molecule has 62 valence electrons. The van der Waals surface area contributed by atoms with E-state index in [2.05, 4.69) is 26.0 Å². The van der Waals surface area contributed by atoms with Gasteiger partial charge in [0, 0.05) is 0 Å². The van der Waals surface area contributed by atoms with Gasteiger partial charge in [-0.25, -0.2) is 0 Å². The van der Waals surface area contributed by atoms with E-state index in [0.29, 0.717) is 11.3 Å². The molecule has 1 rings (SSSR count). The molecule has 0 aromatic carbocycles. The van der Waals surface area contributed by atoms with Gasteiger partial charge in [-0.3, -0.25) is 0 Å². The summed E-state index contributed by atoms with van der Waals surface area (Å²) in [6.07, 6.45) is 6.60. The number of allylic oxidation sites excluding steroid dienone is 3. The Balaban J connectivity index is 2.75. The van der Waals surface area contributed by atoms with Gasteiger partial charge in [-0.1, -0.05) is 38.1 Å². The summed E-state index contributed by atoms with van der Waals surface area (Å²) in [6, 6.07) is 0.